The Balaban J connectivity index is 2.66. The normalized spacial score (nSPS) is 10.5. The van der Waals surface area contributed by atoms with Gasteiger partial charge >= 0.3 is 6.16 Å². The molecular weight excluding hydrogens is 218 g/mol. The molecule has 4 nitrogen and oxygen atoms in total. The van der Waals surface area contributed by atoms with E-state index in [-0.39, 0.29) is 5.75 Å². The molecule has 0 aliphatic carbocycles. The highest BCUT2D eigenvalue weighted by Gasteiger charge is 2.13. The van der Waals surface area contributed by atoms with E-state index in [9.17, 15) is 4.79 Å². The minimum Gasteiger partial charge on any atom is -0.449 e. The van der Waals surface area contributed by atoms with E-state index < -0.39 is 6.16 Å². The maximum Gasteiger partial charge on any atom is 0.511 e. The number of rotatable bonds is 1. The van der Waals surface area contributed by atoms with Gasteiger partial charge in [0.15, 0.2) is 5.75 Å². The summed E-state index contributed by atoms with van der Waals surface area (Å²) in [6, 6.07) is 3.56. The van der Waals surface area contributed by atoms with Crippen molar-refractivity contribution in [2.24, 2.45) is 0 Å². The number of nitrogens with one attached hydrogen (secondary N) is 1. The second-order valence-electron chi connectivity index (χ2n) is 3.14. The lowest BCUT2D eigenvalue weighted by molar-refractivity contribution is 0.144. The van der Waals surface area contributed by atoms with Crippen LogP contribution in [0, 0.1) is 6.92 Å². The molecule has 2 rings (SSSR count). The van der Waals surface area contributed by atoms with Crippen LogP contribution in [0.2, 0.25) is 5.02 Å². The molecule has 0 spiro atoms. The first-order valence-electron chi connectivity index (χ1n) is 4.26. The van der Waals surface area contributed by atoms with Gasteiger partial charge < -0.3 is 14.8 Å². The number of ether oxygens (including phenoxy) is 1. The third-order valence-electron chi connectivity index (χ3n) is 2.12. The molecule has 0 aliphatic heterocycles. The van der Waals surface area contributed by atoms with Gasteiger partial charge in [0.2, 0.25) is 0 Å². The van der Waals surface area contributed by atoms with E-state index in [1.165, 1.54) is 0 Å². The standard InChI is InChI=1S/C10H8ClNO3/c1-5-4-7-6(2-3-12-7)8(11)9(5)15-10(13)14/h2-4,12H,1H3,(H,13,14). The van der Waals surface area contributed by atoms with E-state index in [0.29, 0.717) is 10.6 Å². The molecule has 0 bridgehead atoms. The molecular formula is C10H8ClNO3. The predicted molar refractivity (Wildman–Crippen MR) is 56.7 cm³/mol. The maximum absolute atomic E-state index is 10.5. The zero-order valence-electron chi connectivity index (χ0n) is 7.87. The van der Waals surface area contributed by atoms with Crippen molar-refractivity contribution < 1.29 is 14.6 Å². The molecule has 1 aromatic heterocycles. The van der Waals surface area contributed by atoms with Crippen LogP contribution >= 0.6 is 11.6 Å². The van der Waals surface area contributed by atoms with Gasteiger partial charge in [0, 0.05) is 17.1 Å². The number of H-pyrrole nitrogens is 1. The fourth-order valence-corrected chi connectivity index (χ4v) is 1.84. The number of fused-ring (bicyclic) bond motifs is 1. The molecule has 0 aliphatic rings. The number of carboxylic acid groups (broad SMARTS) is 1. The molecule has 15 heavy (non-hydrogen) atoms. The summed E-state index contributed by atoms with van der Waals surface area (Å²) in [6.45, 7) is 1.74. The van der Waals surface area contributed by atoms with Crippen LogP contribution in [0.3, 0.4) is 0 Å². The number of hydrogen-bond acceptors (Lipinski definition) is 2. The molecule has 0 atom stereocenters. The summed E-state index contributed by atoms with van der Waals surface area (Å²) >= 11 is 6.02. The van der Waals surface area contributed by atoms with Gasteiger partial charge in [-0.1, -0.05) is 11.6 Å². The van der Waals surface area contributed by atoms with Crippen molar-refractivity contribution in [3.63, 3.8) is 0 Å². The quantitative estimate of drug-likeness (QED) is 0.579. The van der Waals surface area contributed by atoms with Crippen LogP contribution in [0.4, 0.5) is 4.79 Å². The summed E-state index contributed by atoms with van der Waals surface area (Å²) in [4.78, 5) is 13.5. The van der Waals surface area contributed by atoms with Crippen LogP contribution in [-0.2, 0) is 0 Å². The predicted octanol–water partition coefficient (Wildman–Crippen LogP) is 3.19. The number of aromatic nitrogens is 1. The number of benzene rings is 1. The van der Waals surface area contributed by atoms with Crippen LogP contribution in [0.1, 0.15) is 5.56 Å². The van der Waals surface area contributed by atoms with Gasteiger partial charge in [0.1, 0.15) is 0 Å². The zero-order valence-corrected chi connectivity index (χ0v) is 8.63. The summed E-state index contributed by atoms with van der Waals surface area (Å²) in [5, 5.41) is 9.61. The molecule has 1 aromatic carbocycles. The second-order valence-corrected chi connectivity index (χ2v) is 3.52. The van der Waals surface area contributed by atoms with Crippen LogP contribution in [0.15, 0.2) is 18.3 Å². The minimum absolute atomic E-state index is 0.191. The Labute approximate surface area is 90.4 Å². The summed E-state index contributed by atoms with van der Waals surface area (Å²) < 4.78 is 4.62. The number of aromatic amines is 1. The third-order valence-corrected chi connectivity index (χ3v) is 2.50. The highest BCUT2D eigenvalue weighted by atomic mass is 35.5. The lowest BCUT2D eigenvalue weighted by Crippen LogP contribution is -2.04. The SMILES string of the molecule is Cc1cc2[nH]ccc2c(Cl)c1OC(=O)O. The minimum atomic E-state index is -1.37. The molecule has 0 saturated carbocycles. The van der Waals surface area contributed by atoms with E-state index in [4.69, 9.17) is 16.7 Å². The maximum atomic E-state index is 10.5. The third kappa shape index (κ3) is 1.64. The number of aryl methyl sites for hydroxylation is 1. The number of halogens is 1. The van der Waals surface area contributed by atoms with Crippen LogP contribution in [0.25, 0.3) is 10.9 Å². The van der Waals surface area contributed by atoms with Gasteiger partial charge in [0.25, 0.3) is 0 Å². The average Bonchev–Trinajstić information content (AvgIpc) is 2.59. The molecule has 0 amide bonds. The van der Waals surface area contributed by atoms with Crippen molar-refractivity contribution >= 4 is 28.7 Å². The Kier molecular flexibility index (Phi) is 2.28. The molecule has 2 N–H and O–H groups in total. The van der Waals surface area contributed by atoms with Gasteiger partial charge in [-0.25, -0.2) is 4.79 Å². The van der Waals surface area contributed by atoms with Crippen LogP contribution < -0.4 is 4.74 Å². The van der Waals surface area contributed by atoms with Crippen LogP contribution in [-0.4, -0.2) is 16.2 Å². The summed E-state index contributed by atoms with van der Waals surface area (Å²) in [7, 11) is 0. The largest absolute Gasteiger partial charge is 0.511 e. The first-order chi connectivity index (χ1) is 7.09. The van der Waals surface area contributed by atoms with E-state index in [0.717, 1.165) is 10.9 Å². The molecule has 0 radical (unpaired) electrons. The first-order valence-corrected chi connectivity index (χ1v) is 4.64. The Morgan fingerprint density at radius 1 is 1.60 bits per heavy atom. The van der Waals surface area contributed by atoms with Gasteiger partial charge in [-0.3, -0.25) is 0 Å². The highest BCUT2D eigenvalue weighted by molar-refractivity contribution is 6.37. The van der Waals surface area contributed by atoms with E-state index in [2.05, 4.69) is 9.72 Å². The summed E-state index contributed by atoms with van der Waals surface area (Å²) in [6.07, 6.45) is 0.371. The lowest BCUT2D eigenvalue weighted by Gasteiger charge is -2.07. The first kappa shape index (κ1) is 9.86. The molecule has 78 valence electrons. The topological polar surface area (TPSA) is 62.3 Å². The molecule has 1 heterocycles. The smallest absolute Gasteiger partial charge is 0.449 e. The number of carbonyl (C=O) groups is 1. The Hall–Kier alpha value is -1.68. The molecule has 0 saturated heterocycles. The Morgan fingerprint density at radius 2 is 2.33 bits per heavy atom. The van der Waals surface area contributed by atoms with Gasteiger partial charge in [-0.2, -0.15) is 0 Å². The average molecular weight is 226 g/mol. The fourth-order valence-electron chi connectivity index (χ4n) is 1.48. The van der Waals surface area contributed by atoms with Gasteiger partial charge in [-0.15, -0.1) is 0 Å². The molecule has 2 aromatic rings. The van der Waals surface area contributed by atoms with Gasteiger partial charge in [0.05, 0.1) is 5.02 Å². The molecule has 0 fully saturated rings. The second kappa shape index (κ2) is 3.47. The lowest BCUT2D eigenvalue weighted by atomic mass is 10.1. The van der Waals surface area contributed by atoms with Gasteiger partial charge in [-0.05, 0) is 24.6 Å². The van der Waals surface area contributed by atoms with Crippen molar-refractivity contribution in [1.82, 2.24) is 4.98 Å². The number of hydrogen-bond donors (Lipinski definition) is 2. The summed E-state index contributed by atoms with van der Waals surface area (Å²) in [5.41, 5.74) is 1.53. The Morgan fingerprint density at radius 3 is 3.00 bits per heavy atom. The van der Waals surface area contributed by atoms with Crippen molar-refractivity contribution in [1.29, 1.82) is 0 Å². The van der Waals surface area contributed by atoms with E-state index in [1.807, 2.05) is 0 Å². The molecule has 5 heteroatoms. The Bertz CT molecular complexity index is 533. The van der Waals surface area contributed by atoms with E-state index >= 15 is 0 Å². The van der Waals surface area contributed by atoms with E-state index in [1.54, 1.807) is 25.3 Å². The van der Waals surface area contributed by atoms with Crippen molar-refractivity contribution in [3.8, 4) is 5.75 Å². The van der Waals surface area contributed by atoms with Crippen molar-refractivity contribution in [2.45, 2.75) is 6.92 Å². The fraction of sp³-hybridized carbons (Fsp3) is 0.100. The van der Waals surface area contributed by atoms with Crippen molar-refractivity contribution in [2.75, 3.05) is 0 Å². The zero-order chi connectivity index (χ0) is 11.0. The van der Waals surface area contributed by atoms with Crippen molar-refractivity contribution in [3.05, 3.63) is 28.9 Å². The monoisotopic (exact) mass is 225 g/mol. The highest BCUT2D eigenvalue weighted by Crippen LogP contribution is 2.35. The van der Waals surface area contributed by atoms with Crippen LogP contribution in [0.5, 0.6) is 5.75 Å². The summed E-state index contributed by atoms with van der Waals surface area (Å²) in [5.74, 6) is 0.191. The molecule has 0 unspecified atom stereocenters.